The van der Waals surface area contributed by atoms with Crippen LogP contribution in [0.4, 0.5) is 4.39 Å². The number of rotatable bonds is 5. The van der Waals surface area contributed by atoms with Gasteiger partial charge in [-0.15, -0.1) is 24.0 Å². The van der Waals surface area contributed by atoms with Gasteiger partial charge in [-0.05, 0) is 30.2 Å². The van der Waals surface area contributed by atoms with Gasteiger partial charge in [-0.3, -0.25) is 4.99 Å². The summed E-state index contributed by atoms with van der Waals surface area (Å²) in [5.41, 5.74) is 2.70. The van der Waals surface area contributed by atoms with E-state index >= 15 is 0 Å². The van der Waals surface area contributed by atoms with Crippen LogP contribution in [-0.4, -0.2) is 20.1 Å². The number of aliphatic imine (C=N–C) groups is 1. The van der Waals surface area contributed by atoms with Crippen molar-refractivity contribution >= 4 is 29.9 Å². The van der Waals surface area contributed by atoms with Crippen molar-refractivity contribution in [1.29, 1.82) is 0 Å². The molecular formula is C18H23FIN3O. The highest BCUT2D eigenvalue weighted by molar-refractivity contribution is 14.0. The van der Waals surface area contributed by atoms with Crippen molar-refractivity contribution in [3.05, 3.63) is 65.0 Å². The van der Waals surface area contributed by atoms with Gasteiger partial charge in [-0.1, -0.05) is 30.3 Å². The maximum Gasteiger partial charge on any atom is 0.191 e. The Kier molecular flexibility index (Phi) is 8.53. The number of halogens is 2. The second-order valence-corrected chi connectivity index (χ2v) is 5.17. The summed E-state index contributed by atoms with van der Waals surface area (Å²) in [7, 11) is 3.37. The van der Waals surface area contributed by atoms with Crippen LogP contribution in [0.1, 0.15) is 16.7 Å². The first-order chi connectivity index (χ1) is 11.1. The first-order valence-corrected chi connectivity index (χ1v) is 7.45. The molecule has 0 aromatic heterocycles. The van der Waals surface area contributed by atoms with E-state index in [1.807, 2.05) is 30.3 Å². The Morgan fingerprint density at radius 1 is 1.12 bits per heavy atom. The molecule has 0 atom stereocenters. The maximum atomic E-state index is 13.3. The second-order valence-electron chi connectivity index (χ2n) is 5.17. The molecule has 6 heteroatoms. The van der Waals surface area contributed by atoms with Crippen LogP contribution in [0.5, 0.6) is 5.75 Å². The molecule has 0 spiro atoms. The molecule has 2 aromatic carbocycles. The number of nitrogens with zero attached hydrogens (tertiary/aromatic N) is 1. The third-order valence-electron chi connectivity index (χ3n) is 3.54. The third kappa shape index (κ3) is 5.67. The van der Waals surface area contributed by atoms with E-state index in [9.17, 15) is 4.39 Å². The first-order valence-electron chi connectivity index (χ1n) is 7.45. The number of ether oxygens (including phenoxy) is 1. The highest BCUT2D eigenvalue weighted by Crippen LogP contribution is 2.16. The summed E-state index contributed by atoms with van der Waals surface area (Å²) in [5.74, 6) is 1.33. The van der Waals surface area contributed by atoms with Crippen molar-refractivity contribution in [3.63, 3.8) is 0 Å². The van der Waals surface area contributed by atoms with Crippen molar-refractivity contribution in [2.75, 3.05) is 14.2 Å². The third-order valence-corrected chi connectivity index (χ3v) is 3.54. The van der Waals surface area contributed by atoms with E-state index in [-0.39, 0.29) is 29.8 Å². The number of para-hydroxylation sites is 1. The van der Waals surface area contributed by atoms with Crippen molar-refractivity contribution in [2.45, 2.75) is 20.0 Å². The topological polar surface area (TPSA) is 45.7 Å². The molecule has 0 radical (unpaired) electrons. The second kappa shape index (κ2) is 10.1. The van der Waals surface area contributed by atoms with Crippen molar-refractivity contribution in [3.8, 4) is 5.75 Å². The summed E-state index contributed by atoms with van der Waals surface area (Å²) < 4.78 is 18.6. The van der Waals surface area contributed by atoms with Crippen LogP contribution in [0.15, 0.2) is 47.5 Å². The minimum absolute atomic E-state index is 0. The molecule has 130 valence electrons. The van der Waals surface area contributed by atoms with Gasteiger partial charge in [0.15, 0.2) is 5.96 Å². The highest BCUT2D eigenvalue weighted by Gasteiger charge is 2.04. The molecule has 0 heterocycles. The largest absolute Gasteiger partial charge is 0.496 e. The molecule has 0 bridgehead atoms. The molecule has 2 aromatic rings. The average molecular weight is 443 g/mol. The minimum atomic E-state index is -0.188. The number of aryl methyl sites for hydroxylation is 1. The number of hydrogen-bond acceptors (Lipinski definition) is 2. The van der Waals surface area contributed by atoms with Gasteiger partial charge in [0.05, 0.1) is 7.11 Å². The molecule has 0 saturated heterocycles. The molecule has 0 aliphatic heterocycles. The van der Waals surface area contributed by atoms with E-state index < -0.39 is 0 Å². The normalized spacial score (nSPS) is 10.8. The predicted molar refractivity (Wildman–Crippen MR) is 107 cm³/mol. The molecule has 24 heavy (non-hydrogen) atoms. The van der Waals surface area contributed by atoms with Gasteiger partial charge < -0.3 is 15.4 Å². The molecule has 0 aliphatic carbocycles. The quantitative estimate of drug-likeness (QED) is 0.422. The SMILES string of the molecule is CN=C(NCc1ccc(F)c(C)c1)NCc1ccccc1OC.I. The Labute approximate surface area is 159 Å². The molecule has 0 unspecified atom stereocenters. The smallest absolute Gasteiger partial charge is 0.191 e. The highest BCUT2D eigenvalue weighted by atomic mass is 127. The van der Waals surface area contributed by atoms with E-state index in [0.29, 0.717) is 24.6 Å². The van der Waals surface area contributed by atoms with Gasteiger partial charge in [-0.2, -0.15) is 0 Å². The number of nitrogens with one attached hydrogen (secondary N) is 2. The summed E-state index contributed by atoms with van der Waals surface area (Å²) in [6.45, 7) is 2.94. The van der Waals surface area contributed by atoms with Crippen LogP contribution in [0, 0.1) is 12.7 Å². The van der Waals surface area contributed by atoms with Crippen LogP contribution in [0.2, 0.25) is 0 Å². The Morgan fingerprint density at radius 3 is 2.50 bits per heavy atom. The molecule has 2 N–H and O–H groups in total. The molecule has 0 fully saturated rings. The van der Waals surface area contributed by atoms with Crippen LogP contribution in [-0.2, 0) is 13.1 Å². The zero-order valence-corrected chi connectivity index (χ0v) is 16.4. The Morgan fingerprint density at radius 2 is 1.83 bits per heavy atom. The van der Waals surface area contributed by atoms with E-state index in [0.717, 1.165) is 16.9 Å². The standard InChI is InChI=1S/C18H22FN3O.HI/c1-13-10-14(8-9-16(13)19)11-21-18(20-2)22-12-15-6-4-5-7-17(15)23-3;/h4-10H,11-12H2,1-3H3,(H2,20,21,22);1H. The number of guanidine groups is 1. The number of benzene rings is 2. The van der Waals surface area contributed by atoms with Gasteiger partial charge in [0.2, 0.25) is 0 Å². The van der Waals surface area contributed by atoms with Crippen LogP contribution >= 0.6 is 24.0 Å². The Hall–Kier alpha value is -1.83. The van der Waals surface area contributed by atoms with Crippen molar-refractivity contribution < 1.29 is 9.13 Å². The fourth-order valence-electron chi connectivity index (χ4n) is 2.25. The molecule has 4 nitrogen and oxygen atoms in total. The average Bonchev–Trinajstić information content (AvgIpc) is 2.58. The monoisotopic (exact) mass is 443 g/mol. The summed E-state index contributed by atoms with van der Waals surface area (Å²) in [6, 6.07) is 12.9. The zero-order valence-electron chi connectivity index (χ0n) is 14.1. The molecule has 0 amide bonds. The first kappa shape index (κ1) is 20.2. The molecule has 2 rings (SSSR count). The van der Waals surface area contributed by atoms with Gasteiger partial charge >= 0.3 is 0 Å². The molecular weight excluding hydrogens is 420 g/mol. The van der Waals surface area contributed by atoms with Gasteiger partial charge in [-0.25, -0.2) is 4.39 Å². The van der Waals surface area contributed by atoms with Crippen LogP contribution in [0.3, 0.4) is 0 Å². The fourth-order valence-corrected chi connectivity index (χ4v) is 2.25. The summed E-state index contributed by atoms with van der Waals surface area (Å²) in [6.07, 6.45) is 0. The summed E-state index contributed by atoms with van der Waals surface area (Å²) in [4.78, 5) is 4.19. The fraction of sp³-hybridized carbons (Fsp3) is 0.278. The van der Waals surface area contributed by atoms with Crippen LogP contribution < -0.4 is 15.4 Å². The summed E-state index contributed by atoms with van der Waals surface area (Å²) in [5, 5.41) is 6.46. The minimum Gasteiger partial charge on any atom is -0.496 e. The van der Waals surface area contributed by atoms with Crippen molar-refractivity contribution in [2.24, 2.45) is 4.99 Å². The van der Waals surface area contributed by atoms with Crippen LogP contribution in [0.25, 0.3) is 0 Å². The van der Waals surface area contributed by atoms with Gasteiger partial charge in [0.1, 0.15) is 11.6 Å². The Balaban J connectivity index is 0.00000288. The lowest BCUT2D eigenvalue weighted by atomic mass is 10.1. The lowest BCUT2D eigenvalue weighted by molar-refractivity contribution is 0.409. The Bertz CT molecular complexity index is 692. The van der Waals surface area contributed by atoms with Crippen molar-refractivity contribution in [1.82, 2.24) is 10.6 Å². The number of methoxy groups -OCH3 is 1. The predicted octanol–water partition coefficient (Wildman–Crippen LogP) is 3.63. The van der Waals surface area contributed by atoms with E-state index in [2.05, 4.69) is 15.6 Å². The lowest BCUT2D eigenvalue weighted by Crippen LogP contribution is -2.36. The molecule has 0 aliphatic rings. The number of hydrogen-bond donors (Lipinski definition) is 2. The van der Waals surface area contributed by atoms with E-state index in [1.54, 1.807) is 27.1 Å². The van der Waals surface area contributed by atoms with Gasteiger partial charge in [0, 0.05) is 25.7 Å². The molecule has 0 saturated carbocycles. The van der Waals surface area contributed by atoms with E-state index in [1.165, 1.54) is 6.07 Å². The van der Waals surface area contributed by atoms with E-state index in [4.69, 9.17) is 4.74 Å². The van der Waals surface area contributed by atoms with Gasteiger partial charge in [0.25, 0.3) is 0 Å². The zero-order chi connectivity index (χ0) is 16.7. The summed E-state index contributed by atoms with van der Waals surface area (Å²) >= 11 is 0. The maximum absolute atomic E-state index is 13.3. The lowest BCUT2D eigenvalue weighted by Gasteiger charge is -2.14.